The van der Waals surface area contributed by atoms with Crippen molar-refractivity contribution in [1.82, 2.24) is 10.2 Å². The van der Waals surface area contributed by atoms with Crippen LogP contribution in [0, 0.1) is 0 Å². The average molecular weight is 261 g/mol. The lowest BCUT2D eigenvalue weighted by atomic mass is 9.97. The minimum Gasteiger partial charge on any atom is -0.398 e. The van der Waals surface area contributed by atoms with Crippen molar-refractivity contribution in [3.05, 3.63) is 29.3 Å². The van der Waals surface area contributed by atoms with Crippen molar-refractivity contribution in [2.45, 2.75) is 45.8 Å². The molecule has 104 valence electrons. The van der Waals surface area contributed by atoms with Crippen LogP contribution >= 0.6 is 0 Å². The first-order valence-electron chi connectivity index (χ1n) is 6.89. The molecular weight excluding hydrogens is 238 g/mol. The molecule has 0 saturated heterocycles. The van der Waals surface area contributed by atoms with E-state index in [-0.39, 0.29) is 18.0 Å². The van der Waals surface area contributed by atoms with E-state index in [1.165, 1.54) is 11.1 Å². The summed E-state index contributed by atoms with van der Waals surface area (Å²) in [7, 11) is 0. The first-order valence-corrected chi connectivity index (χ1v) is 6.89. The standard InChI is InChI=1S/C15H23N3O/c1-10(2)17-15(19)11(3)18-8-7-13-12(9-18)5-4-6-14(13)16/h4-6,10-11H,7-9,16H2,1-3H3,(H,17,19). The van der Waals surface area contributed by atoms with E-state index in [4.69, 9.17) is 5.73 Å². The van der Waals surface area contributed by atoms with Gasteiger partial charge in [0.15, 0.2) is 0 Å². The van der Waals surface area contributed by atoms with E-state index in [1.807, 2.05) is 32.9 Å². The van der Waals surface area contributed by atoms with Crippen LogP contribution in [0.5, 0.6) is 0 Å². The second kappa shape index (κ2) is 5.61. The van der Waals surface area contributed by atoms with Crippen LogP contribution in [-0.2, 0) is 17.8 Å². The molecule has 0 spiro atoms. The number of hydrogen-bond donors (Lipinski definition) is 2. The van der Waals surface area contributed by atoms with Crippen LogP contribution < -0.4 is 11.1 Å². The SMILES string of the molecule is CC(C)NC(=O)C(C)N1CCc2c(N)cccc2C1. The van der Waals surface area contributed by atoms with Gasteiger partial charge in [0, 0.05) is 24.8 Å². The second-order valence-electron chi connectivity index (χ2n) is 5.54. The summed E-state index contributed by atoms with van der Waals surface area (Å²) in [4.78, 5) is 14.3. The fourth-order valence-electron chi connectivity index (χ4n) is 2.56. The molecule has 4 nitrogen and oxygen atoms in total. The summed E-state index contributed by atoms with van der Waals surface area (Å²) in [6, 6.07) is 6.12. The molecule has 1 aliphatic rings. The summed E-state index contributed by atoms with van der Waals surface area (Å²) < 4.78 is 0. The third kappa shape index (κ3) is 3.07. The third-order valence-electron chi connectivity index (χ3n) is 3.69. The van der Waals surface area contributed by atoms with Gasteiger partial charge in [-0.1, -0.05) is 12.1 Å². The van der Waals surface area contributed by atoms with E-state index in [9.17, 15) is 4.79 Å². The molecule has 1 atom stereocenters. The number of nitrogens with zero attached hydrogens (tertiary/aromatic N) is 1. The summed E-state index contributed by atoms with van der Waals surface area (Å²) in [5.74, 6) is 0.0994. The fraction of sp³-hybridized carbons (Fsp3) is 0.533. The van der Waals surface area contributed by atoms with Gasteiger partial charge in [-0.15, -0.1) is 0 Å². The van der Waals surface area contributed by atoms with Crippen LogP contribution in [0.1, 0.15) is 31.9 Å². The fourth-order valence-corrected chi connectivity index (χ4v) is 2.56. The number of nitrogen functional groups attached to an aromatic ring is 1. The molecule has 1 aromatic rings. The van der Waals surface area contributed by atoms with E-state index < -0.39 is 0 Å². The zero-order valence-corrected chi connectivity index (χ0v) is 11.9. The van der Waals surface area contributed by atoms with Gasteiger partial charge in [0.2, 0.25) is 5.91 Å². The lowest BCUT2D eigenvalue weighted by molar-refractivity contribution is -0.126. The molecule has 0 radical (unpaired) electrons. The zero-order valence-electron chi connectivity index (χ0n) is 11.9. The highest BCUT2D eigenvalue weighted by Crippen LogP contribution is 2.25. The van der Waals surface area contributed by atoms with E-state index in [0.29, 0.717) is 0 Å². The van der Waals surface area contributed by atoms with E-state index in [0.717, 1.165) is 25.2 Å². The van der Waals surface area contributed by atoms with Gasteiger partial charge in [0.25, 0.3) is 0 Å². The molecule has 0 aliphatic carbocycles. The lowest BCUT2D eigenvalue weighted by Crippen LogP contribution is -2.48. The molecule has 3 N–H and O–H groups in total. The molecular formula is C15H23N3O. The van der Waals surface area contributed by atoms with Crippen LogP contribution in [-0.4, -0.2) is 29.4 Å². The number of amides is 1. The van der Waals surface area contributed by atoms with Crippen LogP contribution in [0.4, 0.5) is 5.69 Å². The van der Waals surface area contributed by atoms with Crippen molar-refractivity contribution < 1.29 is 4.79 Å². The number of nitrogens with one attached hydrogen (secondary N) is 1. The predicted molar refractivity (Wildman–Crippen MR) is 77.7 cm³/mol. The Morgan fingerprint density at radius 2 is 2.11 bits per heavy atom. The smallest absolute Gasteiger partial charge is 0.237 e. The highest BCUT2D eigenvalue weighted by Gasteiger charge is 2.26. The van der Waals surface area contributed by atoms with Crippen LogP contribution in [0.2, 0.25) is 0 Å². The number of hydrogen-bond acceptors (Lipinski definition) is 3. The number of carbonyl (C=O) groups is 1. The molecule has 1 aromatic carbocycles. The Balaban J connectivity index is 2.07. The maximum absolute atomic E-state index is 12.1. The summed E-state index contributed by atoms with van der Waals surface area (Å²) in [5, 5.41) is 2.97. The Bertz CT molecular complexity index is 470. The Hall–Kier alpha value is -1.55. The molecule has 1 aliphatic heterocycles. The molecule has 19 heavy (non-hydrogen) atoms. The van der Waals surface area contributed by atoms with Crippen molar-refractivity contribution >= 4 is 11.6 Å². The zero-order chi connectivity index (χ0) is 14.0. The Labute approximate surface area is 115 Å². The molecule has 0 fully saturated rings. The normalized spacial score (nSPS) is 17.1. The monoisotopic (exact) mass is 261 g/mol. The number of fused-ring (bicyclic) bond motifs is 1. The second-order valence-corrected chi connectivity index (χ2v) is 5.54. The Morgan fingerprint density at radius 3 is 2.79 bits per heavy atom. The minimum absolute atomic E-state index is 0.0994. The lowest BCUT2D eigenvalue weighted by Gasteiger charge is -2.33. The van der Waals surface area contributed by atoms with Crippen molar-refractivity contribution in [2.75, 3.05) is 12.3 Å². The molecule has 0 aromatic heterocycles. The van der Waals surface area contributed by atoms with Gasteiger partial charge in [-0.25, -0.2) is 0 Å². The third-order valence-corrected chi connectivity index (χ3v) is 3.69. The first-order chi connectivity index (χ1) is 8.99. The molecule has 4 heteroatoms. The maximum atomic E-state index is 12.1. The predicted octanol–water partition coefficient (Wildman–Crippen LogP) is 1.54. The number of carbonyl (C=O) groups excluding carboxylic acids is 1. The van der Waals surface area contributed by atoms with E-state index in [1.54, 1.807) is 0 Å². The van der Waals surface area contributed by atoms with Gasteiger partial charge in [-0.05, 0) is 44.4 Å². The molecule has 0 saturated carbocycles. The average Bonchev–Trinajstić information content (AvgIpc) is 2.37. The summed E-state index contributed by atoms with van der Waals surface area (Å²) in [6.45, 7) is 7.61. The number of rotatable bonds is 3. The topological polar surface area (TPSA) is 58.4 Å². The van der Waals surface area contributed by atoms with E-state index >= 15 is 0 Å². The van der Waals surface area contributed by atoms with E-state index in [2.05, 4.69) is 16.3 Å². The molecule has 1 heterocycles. The Kier molecular flexibility index (Phi) is 4.10. The van der Waals surface area contributed by atoms with Crippen molar-refractivity contribution in [3.63, 3.8) is 0 Å². The quantitative estimate of drug-likeness (QED) is 0.811. The summed E-state index contributed by atoms with van der Waals surface area (Å²) >= 11 is 0. The molecule has 1 unspecified atom stereocenters. The van der Waals surface area contributed by atoms with Gasteiger partial charge in [0.1, 0.15) is 0 Å². The van der Waals surface area contributed by atoms with Gasteiger partial charge < -0.3 is 11.1 Å². The number of nitrogens with two attached hydrogens (primary N) is 1. The highest BCUT2D eigenvalue weighted by atomic mass is 16.2. The van der Waals surface area contributed by atoms with Crippen LogP contribution in [0.15, 0.2) is 18.2 Å². The number of benzene rings is 1. The molecule has 0 bridgehead atoms. The highest BCUT2D eigenvalue weighted by molar-refractivity contribution is 5.81. The molecule has 1 amide bonds. The van der Waals surface area contributed by atoms with Crippen LogP contribution in [0.25, 0.3) is 0 Å². The van der Waals surface area contributed by atoms with Crippen LogP contribution in [0.3, 0.4) is 0 Å². The molecule has 2 rings (SSSR count). The first kappa shape index (κ1) is 13.9. The van der Waals surface area contributed by atoms with Gasteiger partial charge in [-0.2, -0.15) is 0 Å². The maximum Gasteiger partial charge on any atom is 0.237 e. The van der Waals surface area contributed by atoms with Crippen molar-refractivity contribution in [1.29, 1.82) is 0 Å². The van der Waals surface area contributed by atoms with Crippen molar-refractivity contribution in [2.24, 2.45) is 0 Å². The minimum atomic E-state index is -0.100. The Morgan fingerprint density at radius 1 is 1.37 bits per heavy atom. The van der Waals surface area contributed by atoms with Gasteiger partial charge >= 0.3 is 0 Å². The number of anilines is 1. The summed E-state index contributed by atoms with van der Waals surface area (Å²) in [6.07, 6.45) is 0.918. The van der Waals surface area contributed by atoms with Gasteiger partial charge in [-0.3, -0.25) is 9.69 Å². The van der Waals surface area contributed by atoms with Gasteiger partial charge in [0.05, 0.1) is 6.04 Å². The largest absolute Gasteiger partial charge is 0.398 e. The summed E-state index contributed by atoms with van der Waals surface area (Å²) in [5.41, 5.74) is 9.35. The van der Waals surface area contributed by atoms with Crippen molar-refractivity contribution in [3.8, 4) is 0 Å².